The van der Waals surface area contributed by atoms with Crippen LogP contribution in [0.3, 0.4) is 0 Å². The van der Waals surface area contributed by atoms with Crippen molar-refractivity contribution < 1.29 is 4.52 Å². The van der Waals surface area contributed by atoms with Crippen molar-refractivity contribution in [1.29, 1.82) is 0 Å². The van der Waals surface area contributed by atoms with Crippen LogP contribution in [0, 0.1) is 0 Å². The first-order valence-electron chi connectivity index (χ1n) is 4.63. The lowest BCUT2D eigenvalue weighted by atomic mass is 10.5. The molecule has 0 aliphatic heterocycles. The minimum absolute atomic E-state index is 0.580. The maximum Gasteiger partial charge on any atom is 0.265 e. The third-order valence-electron chi connectivity index (χ3n) is 1.84. The number of anilines is 1. The maximum absolute atomic E-state index is 5.03. The zero-order valence-electron chi connectivity index (χ0n) is 8.66. The lowest BCUT2D eigenvalue weighted by molar-refractivity contribution is 0.369. The lowest BCUT2D eigenvalue weighted by Gasteiger charge is -2.08. The Morgan fingerprint density at radius 2 is 2.43 bits per heavy atom. The van der Waals surface area contributed by atoms with Gasteiger partial charge in [0.25, 0.3) is 5.95 Å². The molecule has 1 aromatic heterocycles. The number of rotatable bonds is 6. The SMILES string of the molecule is C=CCNCc1nc(N(C)CC)no1. The smallest absolute Gasteiger partial charge is 0.265 e. The molecule has 1 rings (SSSR count). The van der Waals surface area contributed by atoms with E-state index in [0.29, 0.717) is 18.4 Å². The van der Waals surface area contributed by atoms with E-state index in [1.54, 1.807) is 6.08 Å². The van der Waals surface area contributed by atoms with Gasteiger partial charge in [-0.1, -0.05) is 6.08 Å². The van der Waals surface area contributed by atoms with Crippen LogP contribution < -0.4 is 10.2 Å². The Morgan fingerprint density at radius 1 is 1.64 bits per heavy atom. The van der Waals surface area contributed by atoms with E-state index >= 15 is 0 Å². The van der Waals surface area contributed by atoms with E-state index in [1.165, 1.54) is 0 Å². The third kappa shape index (κ3) is 2.85. The molecule has 0 fully saturated rings. The Balaban J connectivity index is 2.46. The van der Waals surface area contributed by atoms with E-state index in [0.717, 1.165) is 13.1 Å². The first-order valence-corrected chi connectivity index (χ1v) is 4.63. The van der Waals surface area contributed by atoms with Crippen LogP contribution in [0.2, 0.25) is 0 Å². The van der Waals surface area contributed by atoms with Gasteiger partial charge in [-0.15, -0.1) is 6.58 Å². The molecule has 5 nitrogen and oxygen atoms in total. The van der Waals surface area contributed by atoms with Crippen LogP contribution in [0.15, 0.2) is 17.2 Å². The summed E-state index contributed by atoms with van der Waals surface area (Å²) in [5.41, 5.74) is 0. The second kappa shape index (κ2) is 5.39. The maximum atomic E-state index is 5.03. The van der Waals surface area contributed by atoms with Crippen LogP contribution in [0.5, 0.6) is 0 Å². The summed E-state index contributed by atoms with van der Waals surface area (Å²) in [7, 11) is 1.92. The summed E-state index contributed by atoms with van der Waals surface area (Å²) in [5.74, 6) is 1.23. The molecule has 78 valence electrons. The fraction of sp³-hybridized carbons (Fsp3) is 0.556. The zero-order chi connectivity index (χ0) is 10.4. The Bertz CT molecular complexity index is 284. The van der Waals surface area contributed by atoms with Crippen LogP contribution in [0.4, 0.5) is 5.95 Å². The van der Waals surface area contributed by atoms with E-state index in [-0.39, 0.29) is 0 Å². The standard InChI is InChI=1S/C9H16N4O/c1-4-6-10-7-8-11-9(12-14-8)13(3)5-2/h4,10H,1,5-7H2,2-3H3. The minimum atomic E-state index is 0.580. The summed E-state index contributed by atoms with van der Waals surface area (Å²) in [6.45, 7) is 7.81. The highest BCUT2D eigenvalue weighted by Gasteiger charge is 2.07. The van der Waals surface area contributed by atoms with Crippen molar-refractivity contribution in [2.45, 2.75) is 13.5 Å². The summed E-state index contributed by atoms with van der Waals surface area (Å²) >= 11 is 0. The molecule has 0 radical (unpaired) electrons. The molecule has 0 saturated heterocycles. The zero-order valence-corrected chi connectivity index (χ0v) is 8.66. The van der Waals surface area contributed by atoms with Gasteiger partial charge in [0, 0.05) is 20.1 Å². The molecule has 14 heavy (non-hydrogen) atoms. The van der Waals surface area contributed by atoms with E-state index in [4.69, 9.17) is 4.52 Å². The Morgan fingerprint density at radius 3 is 3.07 bits per heavy atom. The second-order valence-electron chi connectivity index (χ2n) is 2.92. The predicted molar refractivity (Wildman–Crippen MR) is 55.1 cm³/mol. The van der Waals surface area contributed by atoms with Crippen molar-refractivity contribution in [1.82, 2.24) is 15.5 Å². The lowest BCUT2D eigenvalue weighted by Crippen LogP contribution is -2.17. The first kappa shape index (κ1) is 10.7. The van der Waals surface area contributed by atoms with Gasteiger partial charge in [-0.2, -0.15) is 4.98 Å². The van der Waals surface area contributed by atoms with Crippen molar-refractivity contribution in [2.75, 3.05) is 25.0 Å². The topological polar surface area (TPSA) is 54.2 Å². The fourth-order valence-corrected chi connectivity index (χ4v) is 0.895. The molecular formula is C9H16N4O. The summed E-state index contributed by atoms with van der Waals surface area (Å²) in [6.07, 6.45) is 1.79. The summed E-state index contributed by atoms with van der Waals surface area (Å²) in [6, 6.07) is 0. The van der Waals surface area contributed by atoms with Gasteiger partial charge in [0.05, 0.1) is 6.54 Å². The summed E-state index contributed by atoms with van der Waals surface area (Å²) < 4.78 is 5.03. The predicted octanol–water partition coefficient (Wildman–Crippen LogP) is 0.801. The van der Waals surface area contributed by atoms with Gasteiger partial charge in [0.1, 0.15) is 0 Å². The van der Waals surface area contributed by atoms with Crippen LogP contribution in [0.1, 0.15) is 12.8 Å². The molecule has 1 aromatic rings. The molecular weight excluding hydrogens is 180 g/mol. The first-order chi connectivity index (χ1) is 6.77. The molecule has 0 amide bonds. The quantitative estimate of drug-likeness (QED) is 0.539. The Labute approximate surface area is 83.8 Å². The van der Waals surface area contributed by atoms with Crippen molar-refractivity contribution in [3.05, 3.63) is 18.5 Å². The Hall–Kier alpha value is -1.36. The van der Waals surface area contributed by atoms with Gasteiger partial charge in [-0.05, 0) is 12.1 Å². The van der Waals surface area contributed by atoms with Gasteiger partial charge in [0.15, 0.2) is 0 Å². The molecule has 0 bridgehead atoms. The van der Waals surface area contributed by atoms with Crippen LogP contribution in [-0.2, 0) is 6.54 Å². The highest BCUT2D eigenvalue weighted by atomic mass is 16.5. The van der Waals surface area contributed by atoms with Gasteiger partial charge in [-0.25, -0.2) is 0 Å². The molecule has 1 N–H and O–H groups in total. The van der Waals surface area contributed by atoms with Crippen molar-refractivity contribution in [3.8, 4) is 0 Å². The summed E-state index contributed by atoms with van der Waals surface area (Å²) in [4.78, 5) is 6.12. The van der Waals surface area contributed by atoms with E-state index in [2.05, 4.69) is 22.0 Å². The highest BCUT2D eigenvalue weighted by molar-refractivity contribution is 5.24. The van der Waals surface area contributed by atoms with E-state index in [1.807, 2.05) is 18.9 Å². The van der Waals surface area contributed by atoms with Crippen LogP contribution in [0.25, 0.3) is 0 Å². The highest BCUT2D eigenvalue weighted by Crippen LogP contribution is 2.06. The molecule has 0 aliphatic carbocycles. The molecule has 0 unspecified atom stereocenters. The average molecular weight is 196 g/mol. The van der Waals surface area contributed by atoms with Crippen molar-refractivity contribution >= 4 is 5.95 Å². The normalized spacial score (nSPS) is 10.1. The van der Waals surface area contributed by atoms with E-state index in [9.17, 15) is 0 Å². The molecule has 0 aromatic carbocycles. The van der Waals surface area contributed by atoms with Gasteiger partial charge in [0.2, 0.25) is 5.89 Å². The van der Waals surface area contributed by atoms with Crippen LogP contribution in [-0.4, -0.2) is 30.3 Å². The van der Waals surface area contributed by atoms with Gasteiger partial charge >= 0.3 is 0 Å². The van der Waals surface area contributed by atoms with Crippen LogP contribution >= 0.6 is 0 Å². The molecule has 0 saturated carbocycles. The molecule has 5 heteroatoms. The monoisotopic (exact) mass is 196 g/mol. The fourth-order valence-electron chi connectivity index (χ4n) is 0.895. The minimum Gasteiger partial charge on any atom is -0.342 e. The Kier molecular flexibility index (Phi) is 4.12. The molecule has 0 atom stereocenters. The molecule has 0 aliphatic rings. The summed E-state index contributed by atoms with van der Waals surface area (Å²) in [5, 5.41) is 6.93. The van der Waals surface area contributed by atoms with Gasteiger partial charge < -0.3 is 14.7 Å². The second-order valence-corrected chi connectivity index (χ2v) is 2.92. The number of hydrogen-bond donors (Lipinski definition) is 1. The number of nitrogens with zero attached hydrogens (tertiary/aromatic N) is 3. The number of nitrogens with one attached hydrogen (secondary N) is 1. The number of aromatic nitrogens is 2. The molecule has 1 heterocycles. The average Bonchev–Trinajstić information content (AvgIpc) is 2.66. The van der Waals surface area contributed by atoms with E-state index < -0.39 is 0 Å². The van der Waals surface area contributed by atoms with Crippen molar-refractivity contribution in [2.24, 2.45) is 0 Å². The largest absolute Gasteiger partial charge is 0.342 e. The molecule has 0 spiro atoms. The van der Waals surface area contributed by atoms with Crippen molar-refractivity contribution in [3.63, 3.8) is 0 Å². The van der Waals surface area contributed by atoms with Gasteiger partial charge in [-0.3, -0.25) is 0 Å². The number of hydrogen-bond acceptors (Lipinski definition) is 5. The third-order valence-corrected chi connectivity index (χ3v) is 1.84.